The third-order valence-electron chi connectivity index (χ3n) is 5.90. The molecule has 1 aliphatic rings. The lowest BCUT2D eigenvalue weighted by atomic mass is 10.0. The molecule has 0 unspecified atom stereocenters. The maximum Gasteiger partial charge on any atom is 0.223 e. The Morgan fingerprint density at radius 3 is 2.37 bits per heavy atom. The molecule has 3 rings (SSSR count). The number of aryl methyl sites for hydroxylation is 2. The van der Waals surface area contributed by atoms with Crippen LogP contribution in [0.15, 0.2) is 42.5 Å². The third kappa shape index (κ3) is 5.92. The zero-order chi connectivity index (χ0) is 21.5. The highest BCUT2D eigenvalue weighted by Gasteiger charge is 2.20. The minimum absolute atomic E-state index is 0.0439. The number of ether oxygens (including phenoxy) is 1. The van der Waals surface area contributed by atoms with Crippen LogP contribution in [-0.4, -0.2) is 54.8 Å². The number of carbonyl (C=O) groups excluding carboxylic acids is 2. The Labute approximate surface area is 179 Å². The predicted octanol–water partition coefficient (Wildman–Crippen LogP) is 4.01. The largest absolute Gasteiger partial charge is 0.497 e. The van der Waals surface area contributed by atoms with Crippen LogP contribution in [0.2, 0.25) is 0 Å². The summed E-state index contributed by atoms with van der Waals surface area (Å²) in [7, 11) is 1.67. The minimum Gasteiger partial charge on any atom is -0.497 e. The van der Waals surface area contributed by atoms with E-state index in [1.165, 1.54) is 11.1 Å². The summed E-state index contributed by atoms with van der Waals surface area (Å²) < 4.78 is 5.22. The number of hydrogen-bond acceptors (Lipinski definition) is 4. The van der Waals surface area contributed by atoms with Gasteiger partial charge in [-0.2, -0.15) is 0 Å². The molecule has 0 N–H and O–H groups in total. The van der Waals surface area contributed by atoms with Gasteiger partial charge >= 0.3 is 0 Å². The highest BCUT2D eigenvalue weighted by Crippen LogP contribution is 2.16. The first-order valence-electron chi connectivity index (χ1n) is 10.7. The van der Waals surface area contributed by atoms with Crippen molar-refractivity contribution < 1.29 is 14.3 Å². The topological polar surface area (TPSA) is 49.9 Å². The van der Waals surface area contributed by atoms with Gasteiger partial charge < -0.3 is 9.64 Å². The summed E-state index contributed by atoms with van der Waals surface area (Å²) >= 11 is 0. The highest BCUT2D eigenvalue weighted by atomic mass is 16.5. The molecule has 1 heterocycles. The van der Waals surface area contributed by atoms with Gasteiger partial charge in [-0.25, -0.2) is 0 Å². The SMILES string of the molecule is COc1ccc(CN2CCCN(C(=O)CCC(=O)c3ccc(C)c(C)c3)CC2)cc1. The van der Waals surface area contributed by atoms with Crippen LogP contribution in [0, 0.1) is 13.8 Å². The van der Waals surface area contributed by atoms with Crippen molar-refractivity contribution in [3.63, 3.8) is 0 Å². The Bertz CT molecular complexity index is 876. The molecule has 5 nitrogen and oxygen atoms in total. The molecule has 1 fully saturated rings. The first-order valence-corrected chi connectivity index (χ1v) is 10.7. The zero-order valence-electron chi connectivity index (χ0n) is 18.3. The maximum atomic E-state index is 12.7. The number of Topliss-reactive ketones (excluding diaryl/α,β-unsaturated/α-hetero) is 1. The van der Waals surface area contributed by atoms with Crippen LogP contribution in [0.4, 0.5) is 0 Å². The Balaban J connectivity index is 1.47. The van der Waals surface area contributed by atoms with E-state index in [9.17, 15) is 9.59 Å². The van der Waals surface area contributed by atoms with Crippen LogP contribution in [0.25, 0.3) is 0 Å². The van der Waals surface area contributed by atoms with Gasteiger partial charge in [0.1, 0.15) is 5.75 Å². The predicted molar refractivity (Wildman–Crippen MR) is 119 cm³/mol. The monoisotopic (exact) mass is 408 g/mol. The Hall–Kier alpha value is -2.66. The molecule has 5 heteroatoms. The number of ketones is 1. The van der Waals surface area contributed by atoms with Crippen LogP contribution in [0.1, 0.15) is 46.3 Å². The second-order valence-electron chi connectivity index (χ2n) is 8.08. The molecule has 0 bridgehead atoms. The molecular weight excluding hydrogens is 376 g/mol. The lowest BCUT2D eigenvalue weighted by molar-refractivity contribution is -0.131. The summed E-state index contributed by atoms with van der Waals surface area (Å²) in [6.07, 6.45) is 1.50. The average Bonchev–Trinajstić information content (AvgIpc) is 3.00. The fourth-order valence-electron chi connectivity index (χ4n) is 3.81. The molecule has 1 aliphatic heterocycles. The zero-order valence-corrected chi connectivity index (χ0v) is 18.3. The van der Waals surface area contributed by atoms with Gasteiger partial charge in [0.15, 0.2) is 5.78 Å². The lowest BCUT2D eigenvalue weighted by Crippen LogP contribution is -2.35. The van der Waals surface area contributed by atoms with Crippen molar-refractivity contribution in [2.75, 3.05) is 33.3 Å². The lowest BCUT2D eigenvalue weighted by Gasteiger charge is -2.22. The summed E-state index contributed by atoms with van der Waals surface area (Å²) in [5.74, 6) is 0.989. The quantitative estimate of drug-likeness (QED) is 0.650. The van der Waals surface area contributed by atoms with Gasteiger partial charge in [-0.1, -0.05) is 24.3 Å². The number of nitrogens with zero attached hydrogens (tertiary/aromatic N) is 2. The van der Waals surface area contributed by atoms with E-state index in [2.05, 4.69) is 17.0 Å². The van der Waals surface area contributed by atoms with E-state index < -0.39 is 0 Å². The fraction of sp³-hybridized carbons (Fsp3) is 0.440. The molecule has 1 saturated heterocycles. The summed E-state index contributed by atoms with van der Waals surface area (Å²) in [6, 6.07) is 13.9. The van der Waals surface area contributed by atoms with Crippen LogP contribution in [0.3, 0.4) is 0 Å². The fourth-order valence-corrected chi connectivity index (χ4v) is 3.81. The standard InChI is InChI=1S/C25H32N2O3/c1-19-5-8-22(17-20(19)2)24(28)11-12-25(29)27-14-4-13-26(15-16-27)18-21-6-9-23(30-3)10-7-21/h5-10,17H,4,11-16,18H2,1-3H3. The maximum absolute atomic E-state index is 12.7. The van der Waals surface area contributed by atoms with Crippen LogP contribution < -0.4 is 4.74 Å². The third-order valence-corrected chi connectivity index (χ3v) is 5.90. The van der Waals surface area contributed by atoms with Crippen LogP contribution in [0.5, 0.6) is 5.75 Å². The molecule has 0 aromatic heterocycles. The number of carbonyl (C=O) groups is 2. The molecule has 0 saturated carbocycles. The van der Waals surface area contributed by atoms with Gasteiger partial charge in [0, 0.05) is 51.1 Å². The number of hydrogen-bond donors (Lipinski definition) is 0. The van der Waals surface area contributed by atoms with E-state index in [0.29, 0.717) is 12.1 Å². The van der Waals surface area contributed by atoms with Crippen molar-refractivity contribution in [2.45, 2.75) is 39.7 Å². The molecule has 2 aromatic carbocycles. The Morgan fingerprint density at radius 1 is 0.900 bits per heavy atom. The van der Waals surface area contributed by atoms with Gasteiger partial charge in [-0.15, -0.1) is 0 Å². The summed E-state index contributed by atoms with van der Waals surface area (Å²) in [5, 5.41) is 0. The first-order chi connectivity index (χ1) is 14.5. The van der Waals surface area contributed by atoms with Crippen molar-refractivity contribution in [1.82, 2.24) is 9.80 Å². The second kappa shape index (κ2) is 10.4. The molecular formula is C25H32N2O3. The number of rotatable bonds is 7. The molecule has 30 heavy (non-hydrogen) atoms. The second-order valence-corrected chi connectivity index (χ2v) is 8.08. The van der Waals surface area contributed by atoms with Gasteiger partial charge in [-0.05, 0) is 55.2 Å². The molecule has 0 atom stereocenters. The van der Waals surface area contributed by atoms with E-state index in [0.717, 1.165) is 43.9 Å². The average molecular weight is 409 g/mol. The Kier molecular flexibility index (Phi) is 7.63. The highest BCUT2D eigenvalue weighted by molar-refractivity contribution is 5.98. The van der Waals surface area contributed by atoms with E-state index in [-0.39, 0.29) is 24.5 Å². The van der Waals surface area contributed by atoms with Gasteiger partial charge in [0.2, 0.25) is 5.91 Å². The van der Waals surface area contributed by atoms with Crippen molar-refractivity contribution in [3.8, 4) is 5.75 Å². The summed E-state index contributed by atoms with van der Waals surface area (Å²) in [4.78, 5) is 29.5. The van der Waals surface area contributed by atoms with Gasteiger partial charge in [0.05, 0.1) is 7.11 Å². The molecule has 0 aliphatic carbocycles. The van der Waals surface area contributed by atoms with Crippen molar-refractivity contribution >= 4 is 11.7 Å². The Morgan fingerprint density at radius 2 is 1.67 bits per heavy atom. The first kappa shape index (κ1) is 22.0. The van der Waals surface area contributed by atoms with Crippen molar-refractivity contribution in [2.24, 2.45) is 0 Å². The van der Waals surface area contributed by atoms with Gasteiger partial charge in [0.25, 0.3) is 0 Å². The molecule has 0 spiro atoms. The molecule has 1 amide bonds. The van der Waals surface area contributed by atoms with Crippen LogP contribution >= 0.6 is 0 Å². The van der Waals surface area contributed by atoms with E-state index in [1.807, 2.05) is 49.1 Å². The molecule has 2 aromatic rings. The number of benzene rings is 2. The molecule has 160 valence electrons. The van der Waals surface area contributed by atoms with Crippen molar-refractivity contribution in [1.29, 1.82) is 0 Å². The number of methoxy groups -OCH3 is 1. The minimum atomic E-state index is 0.0439. The normalized spacial score (nSPS) is 15.0. The summed E-state index contributed by atoms with van der Waals surface area (Å²) in [5.41, 5.74) is 4.23. The van der Waals surface area contributed by atoms with E-state index in [4.69, 9.17) is 4.74 Å². The van der Waals surface area contributed by atoms with Gasteiger partial charge in [-0.3, -0.25) is 14.5 Å². The summed E-state index contributed by atoms with van der Waals surface area (Å²) in [6.45, 7) is 8.21. The van der Waals surface area contributed by atoms with E-state index in [1.54, 1.807) is 7.11 Å². The smallest absolute Gasteiger partial charge is 0.223 e. The van der Waals surface area contributed by atoms with Crippen LogP contribution in [-0.2, 0) is 11.3 Å². The van der Waals surface area contributed by atoms with E-state index >= 15 is 0 Å². The molecule has 0 radical (unpaired) electrons. The number of amides is 1. The van der Waals surface area contributed by atoms with Crippen molar-refractivity contribution in [3.05, 3.63) is 64.7 Å².